The van der Waals surface area contributed by atoms with Crippen LogP contribution in [0.1, 0.15) is 20.7 Å². The molecule has 0 aliphatic carbocycles. The third-order valence-corrected chi connectivity index (χ3v) is 4.82. The first-order valence-corrected chi connectivity index (χ1v) is 8.86. The zero-order valence-corrected chi connectivity index (χ0v) is 14.7. The van der Waals surface area contributed by atoms with Gasteiger partial charge in [0.1, 0.15) is 10.7 Å². The molecule has 0 aliphatic heterocycles. The molecule has 0 saturated heterocycles. The Balaban J connectivity index is 1.57. The normalized spacial score (nSPS) is 10.5. The lowest BCUT2D eigenvalue weighted by molar-refractivity contribution is 0.0847. The van der Waals surface area contributed by atoms with Crippen LogP contribution in [0.25, 0.3) is 20.9 Å². The smallest absolute Gasteiger partial charge is 0.267 e. The van der Waals surface area contributed by atoms with Gasteiger partial charge in [0.2, 0.25) is 0 Å². The summed E-state index contributed by atoms with van der Waals surface area (Å²) < 4.78 is 1.01. The van der Waals surface area contributed by atoms with Crippen LogP contribution in [0, 0.1) is 0 Å². The summed E-state index contributed by atoms with van der Waals surface area (Å²) in [7, 11) is 0. The van der Waals surface area contributed by atoms with Crippen LogP contribution >= 0.6 is 11.3 Å². The number of carbonyl (C=O) groups excluding carboxylic acids is 2. The second-order valence-corrected chi connectivity index (χ2v) is 6.56. The fraction of sp³-hybridized carbons (Fsp3) is 0. The minimum atomic E-state index is -0.472. The molecule has 0 spiro atoms. The molecule has 7 nitrogen and oxygen atoms in total. The van der Waals surface area contributed by atoms with Crippen molar-refractivity contribution < 1.29 is 9.59 Å². The number of fused-ring (bicyclic) bond motifs is 1. The number of benzene rings is 1. The van der Waals surface area contributed by atoms with E-state index in [0.29, 0.717) is 21.8 Å². The third-order valence-electron chi connectivity index (χ3n) is 3.78. The molecule has 4 aromatic rings. The number of hydrazine groups is 1. The molecule has 0 radical (unpaired) electrons. The standard InChI is InChI=1S/C19H13N5O2S/c25-17(12-7-10-20-11-8-12)23-24-18(26)13-4-3-9-21-16(13)19-22-14-5-1-2-6-15(14)27-19/h1-11H,(H,23,25)(H,24,26). The second kappa shape index (κ2) is 7.30. The van der Waals surface area contributed by atoms with E-state index in [1.54, 1.807) is 30.5 Å². The molecular weight excluding hydrogens is 362 g/mol. The van der Waals surface area contributed by atoms with E-state index in [-0.39, 0.29) is 0 Å². The lowest BCUT2D eigenvalue weighted by Crippen LogP contribution is -2.41. The number of nitrogens with one attached hydrogen (secondary N) is 2. The molecular formula is C19H13N5O2S. The Morgan fingerprint density at radius 1 is 0.852 bits per heavy atom. The molecule has 8 heteroatoms. The fourth-order valence-corrected chi connectivity index (χ4v) is 3.47. The molecule has 3 aromatic heterocycles. The average molecular weight is 375 g/mol. The Labute approximate surface area is 158 Å². The molecule has 0 saturated carbocycles. The maximum Gasteiger partial charge on any atom is 0.272 e. The Bertz CT molecular complexity index is 1090. The molecule has 0 fully saturated rings. The van der Waals surface area contributed by atoms with E-state index in [0.717, 1.165) is 10.2 Å². The van der Waals surface area contributed by atoms with Gasteiger partial charge in [-0.05, 0) is 36.4 Å². The molecule has 0 aliphatic rings. The van der Waals surface area contributed by atoms with Gasteiger partial charge in [-0.2, -0.15) is 0 Å². The number of hydrogen-bond donors (Lipinski definition) is 2. The van der Waals surface area contributed by atoms with Crippen LogP contribution in [-0.2, 0) is 0 Å². The van der Waals surface area contributed by atoms with Crippen LogP contribution in [-0.4, -0.2) is 26.8 Å². The maximum absolute atomic E-state index is 12.6. The number of amides is 2. The van der Waals surface area contributed by atoms with Crippen LogP contribution in [0.2, 0.25) is 0 Å². The van der Waals surface area contributed by atoms with Gasteiger partial charge in [-0.1, -0.05) is 12.1 Å². The number of thiazole rings is 1. The first-order valence-electron chi connectivity index (χ1n) is 8.04. The number of nitrogens with zero attached hydrogens (tertiary/aromatic N) is 3. The summed E-state index contributed by atoms with van der Waals surface area (Å²) in [5.41, 5.74) is 6.84. The van der Waals surface area contributed by atoms with E-state index in [4.69, 9.17) is 0 Å². The number of carbonyl (C=O) groups is 2. The van der Waals surface area contributed by atoms with Crippen molar-refractivity contribution in [3.8, 4) is 10.7 Å². The summed E-state index contributed by atoms with van der Waals surface area (Å²) in [6.07, 6.45) is 4.61. The van der Waals surface area contributed by atoms with Crippen molar-refractivity contribution in [2.45, 2.75) is 0 Å². The third kappa shape index (κ3) is 3.51. The molecule has 0 bridgehead atoms. The number of para-hydroxylation sites is 1. The Morgan fingerprint density at radius 3 is 2.44 bits per heavy atom. The van der Waals surface area contributed by atoms with Gasteiger partial charge in [0, 0.05) is 24.2 Å². The highest BCUT2D eigenvalue weighted by molar-refractivity contribution is 7.21. The lowest BCUT2D eigenvalue weighted by Gasteiger charge is -2.09. The van der Waals surface area contributed by atoms with Gasteiger partial charge in [0.15, 0.2) is 0 Å². The lowest BCUT2D eigenvalue weighted by atomic mass is 10.2. The molecule has 0 atom stereocenters. The molecule has 27 heavy (non-hydrogen) atoms. The Kier molecular flexibility index (Phi) is 4.54. The molecule has 0 unspecified atom stereocenters. The predicted molar refractivity (Wildman–Crippen MR) is 102 cm³/mol. The van der Waals surface area contributed by atoms with E-state index in [1.165, 1.54) is 23.7 Å². The summed E-state index contributed by atoms with van der Waals surface area (Å²) in [4.78, 5) is 37.4. The minimum Gasteiger partial charge on any atom is -0.267 e. The van der Waals surface area contributed by atoms with Crippen LogP contribution in [0.4, 0.5) is 0 Å². The molecule has 3 heterocycles. The van der Waals surface area contributed by atoms with Gasteiger partial charge in [0.25, 0.3) is 11.8 Å². The van der Waals surface area contributed by atoms with Crippen molar-refractivity contribution in [1.29, 1.82) is 0 Å². The fourth-order valence-electron chi connectivity index (χ4n) is 2.49. The van der Waals surface area contributed by atoms with Crippen molar-refractivity contribution in [2.24, 2.45) is 0 Å². The molecule has 132 valence electrons. The van der Waals surface area contributed by atoms with Crippen LogP contribution in [0.5, 0.6) is 0 Å². The SMILES string of the molecule is O=C(NNC(=O)c1cccnc1-c1nc2ccccc2s1)c1ccncc1. The van der Waals surface area contributed by atoms with E-state index < -0.39 is 11.8 Å². The van der Waals surface area contributed by atoms with Gasteiger partial charge < -0.3 is 0 Å². The minimum absolute atomic E-state index is 0.326. The van der Waals surface area contributed by atoms with Gasteiger partial charge in [-0.15, -0.1) is 11.3 Å². The summed E-state index contributed by atoms with van der Waals surface area (Å²) in [5, 5.41) is 0.641. The summed E-state index contributed by atoms with van der Waals surface area (Å²) in [5.74, 6) is -0.907. The highest BCUT2D eigenvalue weighted by atomic mass is 32.1. The zero-order chi connectivity index (χ0) is 18.6. The summed E-state index contributed by atoms with van der Waals surface area (Å²) in [6.45, 7) is 0. The van der Waals surface area contributed by atoms with Crippen molar-refractivity contribution in [3.63, 3.8) is 0 Å². The van der Waals surface area contributed by atoms with Crippen LogP contribution in [0.15, 0.2) is 67.1 Å². The highest BCUT2D eigenvalue weighted by Crippen LogP contribution is 2.30. The van der Waals surface area contributed by atoms with Gasteiger partial charge in [0.05, 0.1) is 15.8 Å². The van der Waals surface area contributed by atoms with Crippen molar-refractivity contribution in [3.05, 3.63) is 78.2 Å². The van der Waals surface area contributed by atoms with E-state index in [1.807, 2.05) is 24.3 Å². The summed E-state index contributed by atoms with van der Waals surface area (Å²) >= 11 is 1.46. The monoisotopic (exact) mass is 375 g/mol. The van der Waals surface area contributed by atoms with Crippen LogP contribution in [0.3, 0.4) is 0 Å². The summed E-state index contributed by atoms with van der Waals surface area (Å²) in [6, 6.07) is 14.1. The molecule has 2 N–H and O–H groups in total. The van der Waals surface area contributed by atoms with E-state index >= 15 is 0 Å². The first-order chi connectivity index (χ1) is 13.2. The van der Waals surface area contributed by atoms with Crippen molar-refractivity contribution in [1.82, 2.24) is 25.8 Å². The Morgan fingerprint density at radius 2 is 1.63 bits per heavy atom. The molecule has 1 aromatic carbocycles. The molecule has 2 amide bonds. The number of aromatic nitrogens is 3. The largest absolute Gasteiger partial charge is 0.272 e. The molecule has 4 rings (SSSR count). The van der Waals surface area contributed by atoms with Crippen molar-refractivity contribution >= 4 is 33.4 Å². The highest BCUT2D eigenvalue weighted by Gasteiger charge is 2.17. The maximum atomic E-state index is 12.6. The van der Waals surface area contributed by atoms with E-state index in [2.05, 4.69) is 25.8 Å². The topological polar surface area (TPSA) is 96.9 Å². The first kappa shape index (κ1) is 16.8. The second-order valence-electron chi connectivity index (χ2n) is 5.53. The van der Waals surface area contributed by atoms with Gasteiger partial charge >= 0.3 is 0 Å². The number of rotatable bonds is 3. The number of hydrogen-bond acceptors (Lipinski definition) is 6. The zero-order valence-electron chi connectivity index (χ0n) is 13.9. The van der Waals surface area contributed by atoms with Crippen LogP contribution < -0.4 is 10.9 Å². The van der Waals surface area contributed by atoms with Crippen molar-refractivity contribution in [2.75, 3.05) is 0 Å². The van der Waals surface area contributed by atoms with E-state index in [9.17, 15) is 9.59 Å². The van der Waals surface area contributed by atoms with Gasteiger partial charge in [-0.3, -0.25) is 30.4 Å². The quantitative estimate of drug-likeness (QED) is 0.537. The average Bonchev–Trinajstić information content (AvgIpc) is 3.16. The number of pyridine rings is 2. The Hall–Kier alpha value is -3.65. The predicted octanol–water partition coefficient (Wildman–Crippen LogP) is 2.83. The van der Waals surface area contributed by atoms with Gasteiger partial charge in [-0.25, -0.2) is 4.98 Å².